The lowest BCUT2D eigenvalue weighted by molar-refractivity contribution is 0.102. The van der Waals surface area contributed by atoms with E-state index in [9.17, 15) is 9.59 Å². The molecule has 0 spiro atoms. The summed E-state index contributed by atoms with van der Waals surface area (Å²) < 4.78 is 1.34. The maximum Gasteiger partial charge on any atom is 0.294 e. The smallest absolute Gasteiger partial charge is 0.294 e. The van der Waals surface area contributed by atoms with Crippen LogP contribution in [0.2, 0.25) is 0 Å². The molecule has 21 heavy (non-hydrogen) atoms. The molecule has 2 heterocycles. The molecule has 2 aromatic heterocycles. The van der Waals surface area contributed by atoms with E-state index in [0.717, 1.165) is 0 Å². The quantitative estimate of drug-likeness (QED) is 0.754. The first kappa shape index (κ1) is 12.8. The molecular formula is C14H11N5O2. The molecule has 0 radical (unpaired) electrons. The van der Waals surface area contributed by atoms with E-state index in [1.165, 1.54) is 29.5 Å². The second-order valence-electron chi connectivity index (χ2n) is 4.21. The van der Waals surface area contributed by atoms with E-state index in [2.05, 4.69) is 20.4 Å². The van der Waals surface area contributed by atoms with Crippen molar-refractivity contribution in [3.8, 4) is 5.69 Å². The van der Waals surface area contributed by atoms with Crippen molar-refractivity contribution >= 4 is 11.6 Å². The van der Waals surface area contributed by atoms with Crippen molar-refractivity contribution in [2.75, 3.05) is 5.32 Å². The number of nitrogens with zero attached hydrogens (tertiary/aromatic N) is 3. The van der Waals surface area contributed by atoms with Gasteiger partial charge in [0, 0.05) is 18.6 Å². The minimum atomic E-state index is -0.487. The van der Waals surface area contributed by atoms with Crippen LogP contribution in [0.15, 0.2) is 59.9 Å². The summed E-state index contributed by atoms with van der Waals surface area (Å²) in [6.07, 6.45) is 5.64. The Morgan fingerprint density at radius 1 is 1.19 bits per heavy atom. The Kier molecular flexibility index (Phi) is 3.30. The highest BCUT2D eigenvalue weighted by Crippen LogP contribution is 2.06. The lowest BCUT2D eigenvalue weighted by Gasteiger charge is -2.01. The summed E-state index contributed by atoms with van der Waals surface area (Å²) >= 11 is 0. The van der Waals surface area contributed by atoms with Gasteiger partial charge < -0.3 is 5.32 Å². The SMILES string of the molecule is O=C(Nc1c[nH]n(-c2ccccc2)c1=O)c1cnccn1. The number of H-pyrrole nitrogens is 1. The summed E-state index contributed by atoms with van der Waals surface area (Å²) in [6, 6.07) is 9.06. The number of benzene rings is 1. The van der Waals surface area contributed by atoms with Gasteiger partial charge >= 0.3 is 0 Å². The van der Waals surface area contributed by atoms with Gasteiger partial charge in [-0.05, 0) is 12.1 Å². The first-order valence-electron chi connectivity index (χ1n) is 6.19. The number of aromatic nitrogens is 4. The van der Waals surface area contributed by atoms with Gasteiger partial charge in [0.2, 0.25) is 0 Å². The first-order chi connectivity index (χ1) is 10.3. The van der Waals surface area contributed by atoms with Crippen LogP contribution in [0.25, 0.3) is 5.69 Å². The maximum atomic E-state index is 12.2. The monoisotopic (exact) mass is 281 g/mol. The third kappa shape index (κ3) is 2.57. The predicted molar refractivity (Wildman–Crippen MR) is 76.4 cm³/mol. The molecule has 0 saturated heterocycles. The topological polar surface area (TPSA) is 92.7 Å². The number of para-hydroxylation sites is 1. The number of carbonyl (C=O) groups is 1. The van der Waals surface area contributed by atoms with Crippen LogP contribution in [0, 0.1) is 0 Å². The van der Waals surface area contributed by atoms with Crippen LogP contribution < -0.4 is 10.9 Å². The highest BCUT2D eigenvalue weighted by Gasteiger charge is 2.13. The lowest BCUT2D eigenvalue weighted by atomic mass is 10.3. The third-order valence-corrected chi connectivity index (χ3v) is 2.83. The molecule has 0 unspecified atom stereocenters. The molecule has 7 nitrogen and oxygen atoms in total. The van der Waals surface area contributed by atoms with Crippen molar-refractivity contribution < 1.29 is 4.79 Å². The van der Waals surface area contributed by atoms with Gasteiger partial charge in [-0.1, -0.05) is 18.2 Å². The summed E-state index contributed by atoms with van der Waals surface area (Å²) in [5, 5.41) is 5.31. The molecule has 104 valence electrons. The van der Waals surface area contributed by atoms with Crippen LogP contribution in [0.4, 0.5) is 5.69 Å². The van der Waals surface area contributed by atoms with Gasteiger partial charge in [0.25, 0.3) is 11.5 Å². The van der Waals surface area contributed by atoms with Crippen LogP contribution in [-0.4, -0.2) is 25.7 Å². The summed E-state index contributed by atoms with van der Waals surface area (Å²) in [4.78, 5) is 31.8. The summed E-state index contributed by atoms with van der Waals surface area (Å²) in [7, 11) is 0. The van der Waals surface area contributed by atoms with Gasteiger partial charge in [0.1, 0.15) is 11.4 Å². The number of hydrogen-bond donors (Lipinski definition) is 2. The zero-order chi connectivity index (χ0) is 14.7. The summed E-state index contributed by atoms with van der Waals surface area (Å²) in [5.74, 6) is -0.487. The van der Waals surface area contributed by atoms with Crippen molar-refractivity contribution in [3.63, 3.8) is 0 Å². The highest BCUT2D eigenvalue weighted by molar-refractivity contribution is 6.02. The fourth-order valence-corrected chi connectivity index (χ4v) is 1.83. The Balaban J connectivity index is 1.87. The van der Waals surface area contributed by atoms with E-state index in [-0.39, 0.29) is 16.9 Å². The van der Waals surface area contributed by atoms with Gasteiger partial charge in [-0.25, -0.2) is 9.67 Å². The molecule has 3 rings (SSSR count). The molecule has 0 aliphatic carbocycles. The highest BCUT2D eigenvalue weighted by atomic mass is 16.2. The van der Waals surface area contributed by atoms with Gasteiger partial charge in [-0.2, -0.15) is 0 Å². The van der Waals surface area contributed by atoms with Crippen molar-refractivity contribution in [2.24, 2.45) is 0 Å². The van der Waals surface area contributed by atoms with Gasteiger partial charge in [0.05, 0.1) is 11.9 Å². The van der Waals surface area contributed by atoms with Gasteiger partial charge in [-0.15, -0.1) is 0 Å². The lowest BCUT2D eigenvalue weighted by Crippen LogP contribution is -2.21. The van der Waals surface area contributed by atoms with E-state index in [1.807, 2.05) is 18.2 Å². The second-order valence-corrected chi connectivity index (χ2v) is 4.21. The fourth-order valence-electron chi connectivity index (χ4n) is 1.83. The number of anilines is 1. The number of nitrogens with one attached hydrogen (secondary N) is 2. The van der Waals surface area contributed by atoms with E-state index >= 15 is 0 Å². The molecular weight excluding hydrogens is 270 g/mol. The van der Waals surface area contributed by atoms with Crippen molar-refractivity contribution in [2.45, 2.75) is 0 Å². The summed E-state index contributed by atoms with van der Waals surface area (Å²) in [6.45, 7) is 0. The second kappa shape index (κ2) is 5.41. The minimum absolute atomic E-state index is 0.143. The number of rotatable bonds is 3. The Morgan fingerprint density at radius 2 is 2.00 bits per heavy atom. The van der Waals surface area contributed by atoms with Crippen LogP contribution in [0.3, 0.4) is 0 Å². The molecule has 1 amide bonds. The molecule has 0 aliphatic rings. The molecule has 0 bridgehead atoms. The molecule has 2 N–H and O–H groups in total. The Hall–Kier alpha value is -3.22. The van der Waals surface area contributed by atoms with Crippen LogP contribution in [-0.2, 0) is 0 Å². The molecule has 3 aromatic rings. The van der Waals surface area contributed by atoms with Crippen LogP contribution >= 0.6 is 0 Å². The number of amides is 1. The Morgan fingerprint density at radius 3 is 2.71 bits per heavy atom. The minimum Gasteiger partial charge on any atom is -0.315 e. The molecule has 0 atom stereocenters. The Labute approximate surface area is 119 Å². The number of hydrogen-bond acceptors (Lipinski definition) is 4. The van der Waals surface area contributed by atoms with Crippen molar-refractivity contribution in [1.29, 1.82) is 0 Å². The Bertz CT molecular complexity index is 808. The average Bonchev–Trinajstić information content (AvgIpc) is 2.90. The summed E-state index contributed by atoms with van der Waals surface area (Å²) in [5.41, 5.74) is 0.625. The van der Waals surface area contributed by atoms with Crippen molar-refractivity contribution in [1.82, 2.24) is 19.7 Å². The average molecular weight is 281 g/mol. The first-order valence-corrected chi connectivity index (χ1v) is 6.19. The zero-order valence-corrected chi connectivity index (χ0v) is 10.9. The molecule has 0 fully saturated rings. The van der Waals surface area contributed by atoms with Crippen molar-refractivity contribution in [3.05, 3.63) is 71.2 Å². The van der Waals surface area contributed by atoms with E-state index in [0.29, 0.717) is 5.69 Å². The molecule has 0 saturated carbocycles. The van der Waals surface area contributed by atoms with E-state index in [4.69, 9.17) is 0 Å². The van der Waals surface area contributed by atoms with Gasteiger partial charge in [0.15, 0.2) is 0 Å². The largest absolute Gasteiger partial charge is 0.315 e. The zero-order valence-electron chi connectivity index (χ0n) is 10.9. The standard InChI is InChI=1S/C14H11N5O2/c20-13(11-8-15-6-7-16-11)18-12-9-17-19(14(12)21)10-4-2-1-3-5-10/h1-9,17H,(H,18,20). The number of aromatic amines is 1. The molecule has 7 heteroatoms. The van der Waals surface area contributed by atoms with Crippen LogP contribution in [0.1, 0.15) is 10.5 Å². The third-order valence-electron chi connectivity index (χ3n) is 2.83. The van der Waals surface area contributed by atoms with E-state index < -0.39 is 5.91 Å². The van der Waals surface area contributed by atoms with Gasteiger partial charge in [-0.3, -0.25) is 19.7 Å². The normalized spacial score (nSPS) is 10.3. The molecule has 1 aromatic carbocycles. The fraction of sp³-hybridized carbons (Fsp3) is 0. The predicted octanol–water partition coefficient (Wildman–Crippen LogP) is 1.21. The number of carbonyl (C=O) groups excluding carboxylic acids is 1. The van der Waals surface area contributed by atoms with E-state index in [1.54, 1.807) is 12.1 Å². The molecule has 0 aliphatic heterocycles. The van der Waals surface area contributed by atoms with Crippen LogP contribution in [0.5, 0.6) is 0 Å². The maximum absolute atomic E-state index is 12.2.